The van der Waals surface area contributed by atoms with Crippen molar-refractivity contribution in [2.75, 3.05) is 18.9 Å². The minimum Gasteiger partial charge on any atom is -0.480 e. The van der Waals surface area contributed by atoms with Crippen molar-refractivity contribution in [3.8, 4) is 0 Å². The van der Waals surface area contributed by atoms with Crippen LogP contribution in [0.2, 0.25) is 0 Å². The van der Waals surface area contributed by atoms with E-state index in [1.165, 1.54) is 0 Å². The second-order valence-corrected chi connectivity index (χ2v) is 5.33. The van der Waals surface area contributed by atoms with Gasteiger partial charge in [-0.2, -0.15) is 11.8 Å². The van der Waals surface area contributed by atoms with Crippen LogP contribution in [0.5, 0.6) is 0 Å². The molecule has 0 fully saturated rings. The van der Waals surface area contributed by atoms with Crippen molar-refractivity contribution in [1.29, 1.82) is 0 Å². The highest BCUT2D eigenvalue weighted by Crippen LogP contribution is 2.17. The Morgan fingerprint density at radius 1 is 1.60 bits per heavy atom. The Morgan fingerprint density at radius 2 is 2.20 bits per heavy atom. The molecule has 15 heavy (non-hydrogen) atoms. The van der Waals surface area contributed by atoms with Gasteiger partial charge in [-0.15, -0.1) is 0 Å². The number of hydrogen-bond acceptors (Lipinski definition) is 4. The summed E-state index contributed by atoms with van der Waals surface area (Å²) in [4.78, 5) is 11.0. The fraction of sp³-hybridized carbons (Fsp3) is 0.900. The van der Waals surface area contributed by atoms with E-state index in [0.717, 1.165) is 5.75 Å². The maximum Gasteiger partial charge on any atom is 0.323 e. The molecule has 0 aromatic heterocycles. The Morgan fingerprint density at radius 3 is 2.60 bits per heavy atom. The molecule has 0 aromatic carbocycles. The number of carboxylic acids is 1. The molecule has 0 aliphatic carbocycles. The fourth-order valence-corrected chi connectivity index (χ4v) is 2.21. The number of rotatable bonds is 8. The molecule has 0 aromatic rings. The van der Waals surface area contributed by atoms with Gasteiger partial charge < -0.3 is 15.5 Å². The number of hydrogen-bond donors (Lipinski definition) is 3. The highest BCUT2D eigenvalue weighted by atomic mass is 32.2. The summed E-state index contributed by atoms with van der Waals surface area (Å²) in [5.74, 6) is -0.0843. The first kappa shape index (κ1) is 14.7. The minimum absolute atomic E-state index is 0.135. The van der Waals surface area contributed by atoms with Crippen LogP contribution in [0.15, 0.2) is 0 Å². The van der Waals surface area contributed by atoms with Crippen LogP contribution >= 0.6 is 11.8 Å². The molecule has 4 nitrogen and oxygen atoms in total. The topological polar surface area (TPSA) is 69.6 Å². The first-order valence-corrected chi connectivity index (χ1v) is 6.22. The summed E-state index contributed by atoms with van der Waals surface area (Å²) in [5.41, 5.74) is -0.850. The lowest BCUT2D eigenvalue weighted by atomic mass is 9.99. The molecule has 0 saturated carbocycles. The number of nitrogens with one attached hydrogen (secondary N) is 1. The van der Waals surface area contributed by atoms with Crippen LogP contribution in [-0.2, 0) is 4.79 Å². The van der Waals surface area contributed by atoms with Crippen LogP contribution in [0.3, 0.4) is 0 Å². The third-order valence-corrected chi connectivity index (χ3v) is 3.46. The van der Waals surface area contributed by atoms with E-state index in [1.54, 1.807) is 18.7 Å². The van der Waals surface area contributed by atoms with Gasteiger partial charge in [0.1, 0.15) is 5.54 Å². The van der Waals surface area contributed by atoms with Crippen molar-refractivity contribution in [3.63, 3.8) is 0 Å². The Bertz CT molecular complexity index is 201. The molecule has 90 valence electrons. The number of carboxylic acid groups (broad SMARTS) is 1. The predicted octanol–water partition coefficient (Wildman–Crippen LogP) is 0.943. The third-order valence-electron chi connectivity index (χ3n) is 2.30. The highest BCUT2D eigenvalue weighted by molar-refractivity contribution is 7.99. The molecule has 0 bridgehead atoms. The standard InChI is InChI=1S/C10H21NO3S/c1-4-11-10(3,9(13)14)5-6-15-8(2)7-12/h8,11-12H,4-7H2,1-3H3,(H,13,14). The van der Waals surface area contributed by atoms with Crippen LogP contribution in [0.4, 0.5) is 0 Å². The molecule has 0 heterocycles. The smallest absolute Gasteiger partial charge is 0.323 e. The third kappa shape index (κ3) is 5.39. The van der Waals surface area contributed by atoms with E-state index in [1.807, 2.05) is 13.8 Å². The SMILES string of the molecule is CCNC(C)(CCSC(C)CO)C(=O)O. The normalized spacial score (nSPS) is 17.1. The quantitative estimate of drug-likeness (QED) is 0.584. The lowest BCUT2D eigenvalue weighted by Crippen LogP contribution is -2.49. The summed E-state index contributed by atoms with van der Waals surface area (Å²) in [6.07, 6.45) is 0.561. The lowest BCUT2D eigenvalue weighted by Gasteiger charge is -2.25. The minimum atomic E-state index is -0.850. The van der Waals surface area contributed by atoms with E-state index in [2.05, 4.69) is 5.32 Å². The summed E-state index contributed by atoms with van der Waals surface area (Å²) < 4.78 is 0. The first-order chi connectivity index (χ1) is 6.96. The van der Waals surface area contributed by atoms with Gasteiger partial charge in [-0.25, -0.2) is 0 Å². The van der Waals surface area contributed by atoms with Gasteiger partial charge >= 0.3 is 5.97 Å². The monoisotopic (exact) mass is 235 g/mol. The van der Waals surface area contributed by atoms with E-state index in [4.69, 9.17) is 10.2 Å². The van der Waals surface area contributed by atoms with Gasteiger partial charge in [0.15, 0.2) is 0 Å². The molecule has 0 spiro atoms. The molecule has 0 saturated heterocycles. The van der Waals surface area contributed by atoms with Gasteiger partial charge in [0.25, 0.3) is 0 Å². The van der Waals surface area contributed by atoms with E-state index in [9.17, 15) is 4.79 Å². The maximum absolute atomic E-state index is 11.0. The van der Waals surface area contributed by atoms with Crippen molar-refractivity contribution in [3.05, 3.63) is 0 Å². The summed E-state index contributed by atoms with van der Waals surface area (Å²) in [7, 11) is 0. The Balaban J connectivity index is 4.02. The van der Waals surface area contributed by atoms with Crippen LogP contribution in [0, 0.1) is 0 Å². The van der Waals surface area contributed by atoms with Crippen molar-refractivity contribution >= 4 is 17.7 Å². The molecule has 0 rings (SSSR count). The molecular formula is C10H21NO3S. The molecule has 2 unspecified atom stereocenters. The zero-order valence-electron chi connectivity index (χ0n) is 9.62. The van der Waals surface area contributed by atoms with Gasteiger partial charge in [-0.05, 0) is 25.6 Å². The number of carbonyl (C=O) groups is 1. The summed E-state index contributed by atoms with van der Waals surface area (Å²) in [6.45, 7) is 6.29. The molecule has 3 N–H and O–H groups in total. The van der Waals surface area contributed by atoms with Crippen LogP contribution in [-0.4, -0.2) is 45.9 Å². The Kier molecular flexibility index (Phi) is 6.96. The van der Waals surface area contributed by atoms with Gasteiger partial charge in [0.2, 0.25) is 0 Å². The molecular weight excluding hydrogens is 214 g/mol. The predicted molar refractivity (Wildman–Crippen MR) is 63.3 cm³/mol. The second kappa shape index (κ2) is 7.09. The zero-order chi connectivity index (χ0) is 11.9. The maximum atomic E-state index is 11.0. The number of thioether (sulfide) groups is 1. The summed E-state index contributed by atoms with van der Waals surface area (Å²) >= 11 is 1.59. The number of likely N-dealkylation sites (N-methyl/N-ethyl adjacent to an activating group) is 1. The molecule has 5 heteroatoms. The van der Waals surface area contributed by atoms with E-state index in [-0.39, 0.29) is 11.9 Å². The van der Waals surface area contributed by atoms with E-state index < -0.39 is 11.5 Å². The van der Waals surface area contributed by atoms with Gasteiger partial charge in [0, 0.05) is 5.25 Å². The van der Waals surface area contributed by atoms with Gasteiger partial charge in [0.05, 0.1) is 6.61 Å². The molecule has 0 aliphatic rings. The summed E-state index contributed by atoms with van der Waals surface area (Å²) in [5, 5.41) is 21.0. The van der Waals surface area contributed by atoms with Crippen molar-refractivity contribution in [2.45, 2.75) is 38.0 Å². The van der Waals surface area contributed by atoms with E-state index >= 15 is 0 Å². The average Bonchev–Trinajstić information content (AvgIpc) is 2.17. The van der Waals surface area contributed by atoms with Gasteiger partial charge in [-0.3, -0.25) is 4.79 Å². The van der Waals surface area contributed by atoms with Crippen LogP contribution < -0.4 is 5.32 Å². The average molecular weight is 235 g/mol. The largest absolute Gasteiger partial charge is 0.480 e. The lowest BCUT2D eigenvalue weighted by molar-refractivity contribution is -0.144. The summed E-state index contributed by atoms with van der Waals surface area (Å²) in [6, 6.07) is 0. The van der Waals surface area contributed by atoms with Gasteiger partial charge in [-0.1, -0.05) is 13.8 Å². The van der Waals surface area contributed by atoms with Crippen molar-refractivity contribution in [2.24, 2.45) is 0 Å². The first-order valence-electron chi connectivity index (χ1n) is 5.17. The Labute approximate surface area is 95.4 Å². The van der Waals surface area contributed by atoms with Crippen LogP contribution in [0.1, 0.15) is 27.2 Å². The number of aliphatic carboxylic acids is 1. The van der Waals surface area contributed by atoms with Crippen LogP contribution in [0.25, 0.3) is 0 Å². The molecule has 0 amide bonds. The van der Waals surface area contributed by atoms with E-state index in [0.29, 0.717) is 13.0 Å². The zero-order valence-corrected chi connectivity index (χ0v) is 10.4. The fourth-order valence-electron chi connectivity index (χ4n) is 1.18. The number of aliphatic hydroxyl groups excluding tert-OH is 1. The molecule has 0 aliphatic heterocycles. The van der Waals surface area contributed by atoms with Crippen molar-refractivity contribution in [1.82, 2.24) is 5.32 Å². The Hall–Kier alpha value is -0.260. The van der Waals surface area contributed by atoms with Crippen molar-refractivity contribution < 1.29 is 15.0 Å². The number of aliphatic hydroxyl groups is 1. The highest BCUT2D eigenvalue weighted by Gasteiger charge is 2.31. The molecule has 0 radical (unpaired) electrons. The second-order valence-electron chi connectivity index (χ2n) is 3.78. The molecule has 2 atom stereocenters.